The normalized spacial score (nSPS) is 20.3. The third-order valence-corrected chi connectivity index (χ3v) is 28.6. The Morgan fingerprint density at radius 1 is 0.467 bits per heavy atom. The minimum atomic E-state index is -4.55. The number of alkyl halides is 10. The SMILES string of the molecule is CC(C)(O[Si](C)(C)C(C)(C)C)c1ncc(-c2ccc3nc4n(c3c2)[C@@H]2C[C@H]4C[C@@H](C(F)(F)F)c3cccc(OC(F)F)c32)cn1.CC(C)(O[Si](C)(C)C(C)(C)C)c1ncc(-c2ccc3nc4n(c3c2)[C@@H]2C[C@H]4C[C@H](C(F)(F)F)c3cccc(OC(F)F)c32)cn1. The Bertz CT molecular complexity index is 3750. The van der Waals surface area contributed by atoms with Gasteiger partial charge >= 0.3 is 25.6 Å². The van der Waals surface area contributed by atoms with Gasteiger partial charge < -0.3 is 27.5 Å². The van der Waals surface area contributed by atoms with Crippen molar-refractivity contribution in [2.45, 2.75) is 204 Å². The molecule has 24 heteroatoms. The van der Waals surface area contributed by atoms with Crippen molar-refractivity contribution in [2.24, 2.45) is 0 Å². The Hall–Kier alpha value is -6.77. The van der Waals surface area contributed by atoms with Crippen molar-refractivity contribution in [3.63, 3.8) is 0 Å². The minimum Gasteiger partial charge on any atom is -0.434 e. The number of ether oxygens (including phenoxy) is 2. The fraction of sp³-hybridized carbons (Fsp3) is 0.485. The van der Waals surface area contributed by atoms with Crippen LogP contribution in [0.5, 0.6) is 11.5 Å². The fourth-order valence-electron chi connectivity index (χ4n) is 13.2. The minimum absolute atomic E-state index is 0.0168. The van der Waals surface area contributed by atoms with Crippen molar-refractivity contribution < 1.29 is 62.2 Å². The second-order valence-corrected chi connectivity index (χ2v) is 37.7. The van der Waals surface area contributed by atoms with Gasteiger partial charge in [-0.3, -0.25) is 0 Å². The number of imidazole rings is 2. The maximum atomic E-state index is 14.3. The molecular formula is C66H74F10N8O4Si2. The zero-order valence-corrected chi connectivity index (χ0v) is 54.7. The molecule has 0 saturated heterocycles. The summed E-state index contributed by atoms with van der Waals surface area (Å²) in [6, 6.07) is 18.0. The summed E-state index contributed by atoms with van der Waals surface area (Å²) in [5.41, 5.74) is 4.54. The molecule has 0 unspecified atom stereocenters. The third kappa shape index (κ3) is 11.9. The second kappa shape index (κ2) is 22.5. The van der Waals surface area contributed by atoms with Crippen LogP contribution >= 0.6 is 0 Å². The number of fused-ring (bicyclic) bond motifs is 18. The van der Waals surface area contributed by atoms with Crippen molar-refractivity contribution >= 4 is 38.7 Å². The largest absolute Gasteiger partial charge is 0.434 e. The number of rotatable bonds is 12. The second-order valence-electron chi connectivity index (χ2n) is 28.3. The Morgan fingerprint density at radius 2 is 0.811 bits per heavy atom. The lowest BCUT2D eigenvalue weighted by Gasteiger charge is -2.42. The van der Waals surface area contributed by atoms with Crippen LogP contribution < -0.4 is 9.47 Å². The maximum Gasteiger partial charge on any atom is 0.395 e. The molecule has 6 atom stereocenters. The van der Waals surface area contributed by atoms with Crippen molar-refractivity contribution in [1.82, 2.24) is 39.0 Å². The van der Waals surface area contributed by atoms with Crippen LogP contribution in [-0.4, -0.2) is 81.2 Å². The summed E-state index contributed by atoms with van der Waals surface area (Å²) in [6.45, 7) is 23.3. The van der Waals surface area contributed by atoms with Gasteiger partial charge in [0.2, 0.25) is 0 Å². The average molecular weight is 1290 g/mol. The van der Waals surface area contributed by atoms with E-state index in [0.717, 1.165) is 22.3 Å². The molecule has 2 aliphatic heterocycles. The molecule has 0 amide bonds. The van der Waals surface area contributed by atoms with Crippen LogP contribution in [0.15, 0.2) is 97.6 Å². The van der Waals surface area contributed by atoms with Gasteiger partial charge in [0.15, 0.2) is 28.3 Å². The first-order valence-electron chi connectivity index (χ1n) is 30.1. The summed E-state index contributed by atoms with van der Waals surface area (Å²) in [7, 11) is -4.21. The van der Waals surface area contributed by atoms with E-state index in [4.69, 9.17) is 28.3 Å². The Kier molecular flexibility index (Phi) is 16.2. The zero-order chi connectivity index (χ0) is 65.4. The van der Waals surface area contributed by atoms with Crippen molar-refractivity contribution in [3.8, 4) is 33.8 Å². The summed E-state index contributed by atoms with van der Waals surface area (Å²) in [6.07, 6.45) is -1.96. The van der Waals surface area contributed by atoms with E-state index in [1.807, 2.05) is 73.2 Å². The van der Waals surface area contributed by atoms with E-state index >= 15 is 0 Å². The number of nitrogens with zero attached hydrogens (tertiary/aromatic N) is 8. The molecule has 12 nitrogen and oxygen atoms in total. The van der Waals surface area contributed by atoms with Crippen LogP contribution in [0.25, 0.3) is 44.3 Å². The van der Waals surface area contributed by atoms with Gasteiger partial charge in [-0.25, -0.2) is 29.9 Å². The highest BCUT2D eigenvalue weighted by atomic mass is 28.4. The molecule has 4 bridgehead atoms. The molecule has 90 heavy (non-hydrogen) atoms. The summed E-state index contributed by atoms with van der Waals surface area (Å²) in [4.78, 5) is 28.2. The Balaban J connectivity index is 0.000000185. The predicted molar refractivity (Wildman–Crippen MR) is 328 cm³/mol. The maximum absolute atomic E-state index is 14.3. The summed E-state index contributed by atoms with van der Waals surface area (Å²) in [5.74, 6) is -2.93. The molecule has 2 aliphatic carbocycles. The first kappa shape index (κ1) is 64.8. The lowest BCUT2D eigenvalue weighted by atomic mass is 9.87. The quantitative estimate of drug-likeness (QED) is 0.0862. The van der Waals surface area contributed by atoms with Gasteiger partial charge in [0.1, 0.15) is 34.3 Å². The molecular weight excluding hydrogens is 1210 g/mol. The van der Waals surface area contributed by atoms with Crippen LogP contribution in [0, 0.1) is 0 Å². The molecule has 6 heterocycles. The van der Waals surface area contributed by atoms with E-state index in [1.165, 1.54) is 36.4 Å². The molecule has 0 N–H and O–H groups in total. The monoisotopic (exact) mass is 1290 g/mol. The number of hydrogen-bond donors (Lipinski definition) is 0. The number of halogens is 10. The van der Waals surface area contributed by atoms with Gasteiger partial charge in [-0.05, 0) is 148 Å². The van der Waals surface area contributed by atoms with E-state index in [-0.39, 0.29) is 56.7 Å². The molecule has 0 saturated carbocycles. The first-order valence-corrected chi connectivity index (χ1v) is 35.9. The number of hydrogen-bond acceptors (Lipinski definition) is 10. The van der Waals surface area contributed by atoms with Gasteiger partial charge in [-0.2, -0.15) is 43.9 Å². The topological polar surface area (TPSA) is 124 Å². The van der Waals surface area contributed by atoms with E-state index in [9.17, 15) is 43.9 Å². The lowest BCUT2D eigenvalue weighted by Crippen LogP contribution is -2.46. The number of benzene rings is 4. The molecule has 480 valence electrons. The third-order valence-electron chi connectivity index (χ3n) is 19.4. The van der Waals surface area contributed by atoms with Gasteiger partial charge in [0, 0.05) is 58.9 Å². The molecule has 0 radical (unpaired) electrons. The standard InChI is InChI=1S/2C33H37F5N4O2Si/c2*1-31(2,3)45(6,7)44-32(4,5)29-39-16-20(17-40-29)18-11-12-23-24(14-18)42-25-15-19(28(42)41-23)13-22(33(36,37)38)21-9-8-10-26(27(21)25)43-30(34)35/h2*8-12,14,16-17,19,22,25,30H,13,15H2,1-7H3/t19-,22+,25-;19-,22-,25-/m11/s1. The van der Waals surface area contributed by atoms with Crippen LogP contribution in [0.1, 0.15) is 176 Å². The summed E-state index contributed by atoms with van der Waals surface area (Å²) in [5, 5.41) is 0.0337. The summed E-state index contributed by atoms with van der Waals surface area (Å²) >= 11 is 0. The van der Waals surface area contributed by atoms with Gasteiger partial charge in [-0.1, -0.05) is 77.9 Å². The van der Waals surface area contributed by atoms with Crippen molar-refractivity contribution in [2.75, 3.05) is 0 Å². The lowest BCUT2D eigenvalue weighted by molar-refractivity contribution is -0.153. The fourth-order valence-corrected chi connectivity index (χ4v) is 16.6. The van der Waals surface area contributed by atoms with Crippen LogP contribution in [-0.2, 0) is 20.1 Å². The van der Waals surface area contributed by atoms with E-state index in [1.54, 1.807) is 24.8 Å². The predicted octanol–water partition coefficient (Wildman–Crippen LogP) is 19.0. The molecule has 4 aromatic carbocycles. The van der Waals surface area contributed by atoms with Crippen molar-refractivity contribution in [3.05, 3.63) is 143 Å². The van der Waals surface area contributed by atoms with E-state index < -0.39 is 89.2 Å². The highest BCUT2D eigenvalue weighted by Gasteiger charge is 2.53. The van der Waals surface area contributed by atoms with E-state index in [2.05, 4.69) is 87.7 Å². The Labute approximate surface area is 518 Å². The van der Waals surface area contributed by atoms with Gasteiger partial charge in [-0.15, -0.1) is 0 Å². The van der Waals surface area contributed by atoms with Crippen LogP contribution in [0.4, 0.5) is 43.9 Å². The number of aromatic nitrogens is 8. The molecule has 12 rings (SSSR count). The molecule has 4 aromatic heterocycles. The average Bonchev–Trinajstić information content (AvgIpc) is 1.56. The molecule has 0 spiro atoms. The van der Waals surface area contributed by atoms with Crippen LogP contribution in [0.2, 0.25) is 36.3 Å². The zero-order valence-electron chi connectivity index (χ0n) is 52.7. The molecule has 8 aromatic rings. The van der Waals surface area contributed by atoms with Crippen molar-refractivity contribution in [1.29, 1.82) is 0 Å². The molecule has 4 aliphatic rings. The highest BCUT2D eigenvalue weighted by molar-refractivity contribution is 6.74. The van der Waals surface area contributed by atoms with Crippen LogP contribution in [0.3, 0.4) is 0 Å². The van der Waals surface area contributed by atoms with Gasteiger partial charge in [0.05, 0.1) is 46.0 Å². The smallest absolute Gasteiger partial charge is 0.395 e. The highest BCUT2D eigenvalue weighted by Crippen LogP contribution is 2.59. The first-order chi connectivity index (χ1) is 41.7. The Morgan fingerprint density at radius 3 is 1.12 bits per heavy atom. The van der Waals surface area contributed by atoms with E-state index in [0.29, 0.717) is 58.2 Å². The van der Waals surface area contributed by atoms with Gasteiger partial charge in [0.25, 0.3) is 0 Å². The molecule has 0 fully saturated rings. The summed E-state index contributed by atoms with van der Waals surface area (Å²) < 4.78 is 167.